The van der Waals surface area contributed by atoms with Gasteiger partial charge < -0.3 is 19.1 Å². The van der Waals surface area contributed by atoms with E-state index in [-0.39, 0.29) is 18.5 Å². The van der Waals surface area contributed by atoms with Crippen LogP contribution < -0.4 is 0 Å². The minimum Gasteiger partial charge on any atom is -0.465 e. The Bertz CT molecular complexity index is 1410. The topological polar surface area (TPSA) is 67.1 Å². The molecule has 0 spiro atoms. The third-order valence-corrected chi connectivity index (χ3v) is 7.64. The highest BCUT2D eigenvalue weighted by Crippen LogP contribution is 2.37. The van der Waals surface area contributed by atoms with Crippen LogP contribution in [-0.2, 0) is 16.9 Å². The zero-order chi connectivity index (χ0) is 25.2. The molecule has 0 radical (unpaired) electrons. The molecule has 186 valence electrons. The monoisotopic (exact) mass is 525 g/mol. The number of aryl methyl sites for hydroxylation is 1. The number of pyridine rings is 1. The second-order valence-corrected chi connectivity index (χ2v) is 10.2. The van der Waals surface area contributed by atoms with Gasteiger partial charge in [-0.3, -0.25) is 0 Å². The van der Waals surface area contributed by atoms with Crippen LogP contribution in [-0.4, -0.2) is 51.3 Å². The Morgan fingerprint density at radius 3 is 2.83 bits per heavy atom. The Morgan fingerprint density at radius 2 is 2.06 bits per heavy atom. The molecule has 4 aromatic rings. The molecule has 1 saturated heterocycles. The molecule has 0 saturated carbocycles. The van der Waals surface area contributed by atoms with Crippen molar-refractivity contribution >= 4 is 35.1 Å². The van der Waals surface area contributed by atoms with Gasteiger partial charge in [0.15, 0.2) is 0 Å². The zero-order valence-electron chi connectivity index (χ0n) is 19.7. The van der Waals surface area contributed by atoms with Gasteiger partial charge in [-0.05, 0) is 42.3 Å². The van der Waals surface area contributed by atoms with Crippen molar-refractivity contribution in [2.45, 2.75) is 30.1 Å². The molecule has 1 fully saturated rings. The number of hydrogen-bond donors (Lipinski definition) is 1. The molecule has 0 bridgehead atoms. The molecule has 9 heteroatoms. The van der Waals surface area contributed by atoms with Crippen molar-refractivity contribution in [2.75, 3.05) is 19.7 Å². The Labute approximate surface area is 217 Å². The van der Waals surface area contributed by atoms with Crippen LogP contribution in [0.15, 0.2) is 65.7 Å². The summed E-state index contributed by atoms with van der Waals surface area (Å²) in [5, 5.41) is 9.83. The van der Waals surface area contributed by atoms with Gasteiger partial charge in [0.1, 0.15) is 11.5 Å². The van der Waals surface area contributed by atoms with Gasteiger partial charge in [-0.15, -0.1) is 11.8 Å². The van der Waals surface area contributed by atoms with Gasteiger partial charge in [-0.25, -0.2) is 14.2 Å². The van der Waals surface area contributed by atoms with E-state index in [4.69, 9.17) is 21.3 Å². The highest BCUT2D eigenvalue weighted by atomic mass is 35.5. The lowest BCUT2D eigenvalue weighted by atomic mass is 10.0. The van der Waals surface area contributed by atoms with Crippen LogP contribution >= 0.6 is 23.4 Å². The van der Waals surface area contributed by atoms with E-state index in [1.165, 1.54) is 22.7 Å². The van der Waals surface area contributed by atoms with Crippen molar-refractivity contribution in [3.8, 4) is 11.3 Å². The second-order valence-electron chi connectivity index (χ2n) is 8.80. The minimum absolute atomic E-state index is 0.255. The van der Waals surface area contributed by atoms with Crippen LogP contribution in [0.1, 0.15) is 16.8 Å². The molecular formula is C27H25ClFN3O3S. The second kappa shape index (κ2) is 10.5. The predicted molar refractivity (Wildman–Crippen MR) is 139 cm³/mol. The number of imidazole rings is 1. The van der Waals surface area contributed by atoms with E-state index in [0.29, 0.717) is 52.1 Å². The summed E-state index contributed by atoms with van der Waals surface area (Å²) in [4.78, 5) is 18.1. The van der Waals surface area contributed by atoms with E-state index in [1.807, 2.05) is 60.0 Å². The van der Waals surface area contributed by atoms with Crippen LogP contribution in [0.25, 0.3) is 16.9 Å². The number of ether oxygens (including phenoxy) is 1. The highest BCUT2D eigenvalue weighted by molar-refractivity contribution is 7.98. The lowest BCUT2D eigenvalue weighted by Crippen LogP contribution is -2.45. The summed E-state index contributed by atoms with van der Waals surface area (Å²) < 4.78 is 23.1. The van der Waals surface area contributed by atoms with Crippen molar-refractivity contribution in [3.05, 3.63) is 88.5 Å². The van der Waals surface area contributed by atoms with Gasteiger partial charge in [0.05, 0.1) is 35.7 Å². The Hall–Kier alpha value is -3.07. The quantitative estimate of drug-likeness (QED) is 0.298. The van der Waals surface area contributed by atoms with Crippen molar-refractivity contribution < 1.29 is 19.0 Å². The molecule has 1 aliphatic rings. The van der Waals surface area contributed by atoms with E-state index >= 15 is 4.39 Å². The number of thioether (sulfide) groups is 1. The smallest absolute Gasteiger partial charge is 0.407 e. The third-order valence-electron chi connectivity index (χ3n) is 6.22. The average molecular weight is 526 g/mol. The van der Waals surface area contributed by atoms with Crippen molar-refractivity contribution in [1.29, 1.82) is 0 Å². The minimum atomic E-state index is -0.967. The first-order valence-electron chi connectivity index (χ1n) is 11.6. The van der Waals surface area contributed by atoms with Crippen molar-refractivity contribution in [1.82, 2.24) is 14.3 Å². The van der Waals surface area contributed by atoms with Crippen LogP contribution in [0.2, 0.25) is 5.02 Å². The van der Waals surface area contributed by atoms with Gasteiger partial charge in [0.2, 0.25) is 0 Å². The summed E-state index contributed by atoms with van der Waals surface area (Å²) in [5.41, 5.74) is 4.73. The molecule has 1 atom stereocenters. The summed E-state index contributed by atoms with van der Waals surface area (Å²) >= 11 is 8.10. The summed E-state index contributed by atoms with van der Waals surface area (Å²) in [6, 6.07) is 16.9. The van der Waals surface area contributed by atoms with Gasteiger partial charge in [-0.2, -0.15) is 0 Å². The number of halogens is 2. The number of hydrogen-bond acceptors (Lipinski definition) is 4. The van der Waals surface area contributed by atoms with E-state index in [9.17, 15) is 9.90 Å². The average Bonchev–Trinajstić information content (AvgIpc) is 3.21. The summed E-state index contributed by atoms with van der Waals surface area (Å²) in [7, 11) is 0. The standard InChI is InChI=1S/C27H25ClFN3O3S/c1-17-7-8-32-23(12-19-15-31(27(33)34)9-10-35-19)26(30-25(32)11-17)20-13-22(29)24(14-21(20)28)36-16-18-5-3-2-4-6-18/h2-8,11,13-14,19H,9-10,12,15-16H2,1H3,(H,33,34). The Balaban J connectivity index is 1.49. The lowest BCUT2D eigenvalue weighted by molar-refractivity contribution is -0.0214. The molecular weight excluding hydrogens is 501 g/mol. The number of benzene rings is 2. The Kier molecular flexibility index (Phi) is 7.18. The first kappa shape index (κ1) is 24.6. The van der Waals surface area contributed by atoms with Gasteiger partial charge in [0, 0.05) is 35.4 Å². The number of amides is 1. The molecule has 1 N–H and O–H groups in total. The van der Waals surface area contributed by atoms with Gasteiger partial charge >= 0.3 is 6.09 Å². The van der Waals surface area contributed by atoms with E-state index < -0.39 is 6.09 Å². The first-order chi connectivity index (χ1) is 17.4. The fourth-order valence-electron chi connectivity index (χ4n) is 4.40. The fraction of sp³-hybridized carbons (Fsp3) is 0.259. The van der Waals surface area contributed by atoms with Crippen LogP contribution in [0, 0.1) is 12.7 Å². The van der Waals surface area contributed by atoms with Gasteiger partial charge in [-0.1, -0.05) is 41.9 Å². The number of carboxylic acid groups (broad SMARTS) is 1. The third kappa shape index (κ3) is 5.21. The number of aromatic nitrogens is 2. The maximum atomic E-state index is 15.3. The summed E-state index contributed by atoms with van der Waals surface area (Å²) in [6.07, 6.45) is 1.01. The van der Waals surface area contributed by atoms with Crippen LogP contribution in [0.5, 0.6) is 0 Å². The summed E-state index contributed by atoms with van der Waals surface area (Å²) in [5.74, 6) is 0.270. The van der Waals surface area contributed by atoms with Crippen molar-refractivity contribution in [2.24, 2.45) is 0 Å². The summed E-state index contributed by atoms with van der Waals surface area (Å²) in [6.45, 7) is 2.90. The molecule has 36 heavy (non-hydrogen) atoms. The largest absolute Gasteiger partial charge is 0.465 e. The van der Waals surface area contributed by atoms with Crippen LogP contribution in [0.3, 0.4) is 0 Å². The van der Waals surface area contributed by atoms with Gasteiger partial charge in [0.25, 0.3) is 0 Å². The van der Waals surface area contributed by atoms with Crippen molar-refractivity contribution in [3.63, 3.8) is 0 Å². The molecule has 1 amide bonds. The number of carbonyl (C=O) groups is 1. The number of rotatable bonds is 6. The molecule has 2 aromatic carbocycles. The predicted octanol–water partition coefficient (Wildman–Crippen LogP) is 6.32. The maximum Gasteiger partial charge on any atom is 0.407 e. The molecule has 5 rings (SSSR count). The molecule has 0 aliphatic carbocycles. The maximum absolute atomic E-state index is 15.3. The van der Waals surface area contributed by atoms with E-state index in [0.717, 1.165) is 16.8 Å². The normalized spacial score (nSPS) is 16.0. The molecule has 3 heterocycles. The molecule has 2 aromatic heterocycles. The number of fused-ring (bicyclic) bond motifs is 1. The van der Waals surface area contributed by atoms with E-state index in [1.54, 1.807) is 6.07 Å². The molecule has 1 unspecified atom stereocenters. The molecule has 1 aliphatic heterocycles. The molecule has 6 nitrogen and oxygen atoms in total. The fourth-order valence-corrected chi connectivity index (χ4v) is 5.63. The SMILES string of the molecule is Cc1ccn2c(CC3CN(C(=O)O)CCO3)c(-c3cc(F)c(SCc4ccccc4)cc3Cl)nc2c1. The van der Waals surface area contributed by atoms with E-state index in [2.05, 4.69) is 0 Å². The van der Waals surface area contributed by atoms with Crippen LogP contribution in [0.4, 0.5) is 9.18 Å². The number of morpholine rings is 1. The Morgan fingerprint density at radius 1 is 1.25 bits per heavy atom. The first-order valence-corrected chi connectivity index (χ1v) is 13.0. The number of nitrogens with zero attached hydrogens (tertiary/aromatic N) is 3. The lowest BCUT2D eigenvalue weighted by Gasteiger charge is -2.31. The highest BCUT2D eigenvalue weighted by Gasteiger charge is 2.27. The zero-order valence-corrected chi connectivity index (χ0v) is 21.2.